The van der Waals surface area contributed by atoms with Crippen molar-refractivity contribution in [2.24, 2.45) is 0 Å². The van der Waals surface area contributed by atoms with Gasteiger partial charge in [0.25, 0.3) is 0 Å². The second-order valence-corrected chi connectivity index (χ2v) is 4.44. The van der Waals surface area contributed by atoms with E-state index in [4.69, 9.17) is 11.6 Å². The van der Waals surface area contributed by atoms with Crippen LogP contribution in [0.25, 0.3) is 0 Å². The van der Waals surface area contributed by atoms with Crippen molar-refractivity contribution in [3.8, 4) is 0 Å². The SMILES string of the molecule is FC(F)(F)C(Cl)SCc1ccccc1. The Morgan fingerprint density at radius 2 is 1.79 bits per heavy atom. The molecule has 0 saturated carbocycles. The van der Waals surface area contributed by atoms with Gasteiger partial charge in [-0.25, -0.2) is 0 Å². The van der Waals surface area contributed by atoms with Crippen molar-refractivity contribution in [1.82, 2.24) is 0 Å². The topological polar surface area (TPSA) is 0 Å². The number of thioether (sulfide) groups is 1. The minimum absolute atomic E-state index is 0.272. The number of hydrogen-bond acceptors (Lipinski definition) is 1. The van der Waals surface area contributed by atoms with E-state index >= 15 is 0 Å². The van der Waals surface area contributed by atoms with E-state index in [2.05, 4.69) is 0 Å². The van der Waals surface area contributed by atoms with E-state index in [9.17, 15) is 13.2 Å². The van der Waals surface area contributed by atoms with Crippen LogP contribution in [0.2, 0.25) is 0 Å². The molecule has 1 rings (SSSR count). The zero-order valence-corrected chi connectivity index (χ0v) is 8.66. The summed E-state index contributed by atoms with van der Waals surface area (Å²) in [5.74, 6) is 0.272. The average Bonchev–Trinajstić information content (AvgIpc) is 2.14. The van der Waals surface area contributed by atoms with Gasteiger partial charge in [0.1, 0.15) is 0 Å². The predicted octanol–water partition coefficient (Wildman–Crippen LogP) is 4.05. The van der Waals surface area contributed by atoms with E-state index in [-0.39, 0.29) is 5.75 Å². The summed E-state index contributed by atoms with van der Waals surface area (Å²) in [5.41, 5.74) is 0.840. The van der Waals surface area contributed by atoms with E-state index in [1.807, 2.05) is 6.07 Å². The Labute approximate surface area is 89.4 Å². The van der Waals surface area contributed by atoms with Crippen molar-refractivity contribution in [2.45, 2.75) is 16.6 Å². The van der Waals surface area contributed by atoms with E-state index < -0.39 is 10.9 Å². The van der Waals surface area contributed by atoms with Crippen LogP contribution in [0.5, 0.6) is 0 Å². The summed E-state index contributed by atoms with van der Waals surface area (Å²) in [6, 6.07) is 8.93. The third kappa shape index (κ3) is 3.80. The Morgan fingerprint density at radius 1 is 1.21 bits per heavy atom. The van der Waals surface area contributed by atoms with E-state index in [1.54, 1.807) is 24.3 Å². The maximum atomic E-state index is 12.0. The minimum atomic E-state index is -4.33. The highest BCUT2D eigenvalue weighted by atomic mass is 35.5. The van der Waals surface area contributed by atoms with Crippen molar-refractivity contribution in [3.05, 3.63) is 35.9 Å². The molecule has 0 nitrogen and oxygen atoms in total. The van der Waals surface area contributed by atoms with Gasteiger partial charge in [0, 0.05) is 5.75 Å². The van der Waals surface area contributed by atoms with Crippen LogP contribution in [-0.4, -0.2) is 10.9 Å². The van der Waals surface area contributed by atoms with Gasteiger partial charge in [-0.05, 0) is 5.56 Å². The molecule has 0 aliphatic heterocycles. The number of rotatable bonds is 3. The highest BCUT2D eigenvalue weighted by Crippen LogP contribution is 2.34. The van der Waals surface area contributed by atoms with Crippen LogP contribution in [0.3, 0.4) is 0 Å². The second kappa shape index (κ2) is 4.94. The molecule has 0 N–H and O–H groups in total. The maximum absolute atomic E-state index is 12.0. The van der Waals surface area contributed by atoms with Gasteiger partial charge < -0.3 is 0 Å². The van der Waals surface area contributed by atoms with Crippen molar-refractivity contribution >= 4 is 23.4 Å². The molecule has 0 aromatic heterocycles. The molecule has 0 fully saturated rings. The van der Waals surface area contributed by atoms with E-state index in [0.29, 0.717) is 11.8 Å². The molecule has 1 aromatic carbocycles. The summed E-state index contributed by atoms with van der Waals surface area (Å²) < 4.78 is 34.2. The van der Waals surface area contributed by atoms with Crippen LogP contribution in [0.4, 0.5) is 13.2 Å². The zero-order chi connectivity index (χ0) is 10.6. The Kier molecular flexibility index (Phi) is 4.13. The van der Waals surface area contributed by atoms with Crippen LogP contribution in [0.15, 0.2) is 30.3 Å². The highest BCUT2D eigenvalue weighted by Gasteiger charge is 2.38. The number of benzene rings is 1. The lowest BCUT2D eigenvalue weighted by Gasteiger charge is -2.12. The van der Waals surface area contributed by atoms with Crippen molar-refractivity contribution in [2.75, 3.05) is 0 Å². The lowest BCUT2D eigenvalue weighted by atomic mass is 10.2. The first-order valence-electron chi connectivity index (χ1n) is 3.86. The zero-order valence-electron chi connectivity index (χ0n) is 7.09. The van der Waals surface area contributed by atoms with Crippen molar-refractivity contribution in [1.29, 1.82) is 0 Å². The molecule has 1 unspecified atom stereocenters. The maximum Gasteiger partial charge on any atom is 0.413 e. The van der Waals surface area contributed by atoms with Crippen LogP contribution in [0, 0.1) is 0 Å². The normalized spacial score (nSPS) is 14.0. The first kappa shape index (κ1) is 11.7. The van der Waals surface area contributed by atoms with Crippen molar-refractivity contribution < 1.29 is 13.2 Å². The number of hydrogen-bond donors (Lipinski definition) is 0. The highest BCUT2D eigenvalue weighted by molar-refractivity contribution is 8.00. The molecule has 78 valence electrons. The van der Waals surface area contributed by atoms with Crippen LogP contribution in [0.1, 0.15) is 5.56 Å². The van der Waals surface area contributed by atoms with E-state index in [1.165, 1.54) is 0 Å². The molecule has 1 atom stereocenters. The molecule has 0 aliphatic rings. The molecular weight excluding hydrogens is 233 g/mol. The van der Waals surface area contributed by atoms with Crippen molar-refractivity contribution in [3.63, 3.8) is 0 Å². The van der Waals surface area contributed by atoms with Gasteiger partial charge in [-0.1, -0.05) is 30.3 Å². The average molecular weight is 241 g/mol. The fourth-order valence-electron chi connectivity index (χ4n) is 0.838. The van der Waals surface area contributed by atoms with Crippen LogP contribution in [-0.2, 0) is 5.75 Å². The summed E-state index contributed by atoms with van der Waals surface area (Å²) in [6.45, 7) is 0. The monoisotopic (exact) mass is 240 g/mol. The summed E-state index contributed by atoms with van der Waals surface area (Å²) in [6.07, 6.45) is -4.33. The second-order valence-electron chi connectivity index (χ2n) is 2.65. The lowest BCUT2D eigenvalue weighted by molar-refractivity contribution is -0.113. The molecule has 0 amide bonds. The molecule has 5 heteroatoms. The summed E-state index contributed by atoms with van der Waals surface area (Å²) in [5, 5.41) is 0. The predicted molar refractivity (Wildman–Crippen MR) is 53.4 cm³/mol. The third-order valence-electron chi connectivity index (χ3n) is 1.50. The Balaban J connectivity index is 2.42. The summed E-state index contributed by atoms with van der Waals surface area (Å²) in [7, 11) is 0. The van der Waals surface area contributed by atoms with Gasteiger partial charge in [-0.2, -0.15) is 13.2 Å². The Bertz CT molecular complexity index is 273. The Morgan fingerprint density at radius 3 is 2.29 bits per heavy atom. The molecule has 0 aliphatic carbocycles. The molecule has 14 heavy (non-hydrogen) atoms. The fraction of sp³-hybridized carbons (Fsp3) is 0.333. The molecule has 0 saturated heterocycles. The van der Waals surface area contributed by atoms with E-state index in [0.717, 1.165) is 5.56 Å². The number of halogens is 4. The molecule has 0 radical (unpaired) electrons. The molecule has 1 aromatic rings. The van der Waals surface area contributed by atoms with Crippen LogP contribution < -0.4 is 0 Å². The molecule has 0 spiro atoms. The van der Waals surface area contributed by atoms with Gasteiger partial charge in [-0.3, -0.25) is 0 Å². The fourth-order valence-corrected chi connectivity index (χ4v) is 1.75. The van der Waals surface area contributed by atoms with Gasteiger partial charge in [0.05, 0.1) is 0 Å². The summed E-state index contributed by atoms with van der Waals surface area (Å²) in [4.78, 5) is 0. The molecule has 0 bridgehead atoms. The van der Waals surface area contributed by atoms with Gasteiger partial charge in [0.15, 0.2) is 4.71 Å². The quantitative estimate of drug-likeness (QED) is 0.719. The smallest absolute Gasteiger partial charge is 0.168 e. The largest absolute Gasteiger partial charge is 0.413 e. The van der Waals surface area contributed by atoms with Gasteiger partial charge in [0.2, 0.25) is 0 Å². The van der Waals surface area contributed by atoms with Gasteiger partial charge >= 0.3 is 6.18 Å². The summed E-state index contributed by atoms with van der Waals surface area (Å²) >= 11 is 5.82. The molecular formula is C9H8ClF3S. The number of alkyl halides is 4. The van der Waals surface area contributed by atoms with Gasteiger partial charge in [-0.15, -0.1) is 23.4 Å². The molecule has 0 heterocycles. The first-order chi connectivity index (χ1) is 6.50. The third-order valence-corrected chi connectivity index (χ3v) is 3.18. The first-order valence-corrected chi connectivity index (χ1v) is 5.35. The van der Waals surface area contributed by atoms with Crippen LogP contribution >= 0.6 is 23.4 Å². The lowest BCUT2D eigenvalue weighted by Crippen LogP contribution is -2.19. The standard InChI is InChI=1S/C9H8ClF3S/c10-8(9(11,12)13)14-6-7-4-2-1-3-5-7/h1-5,8H,6H2. The Hall–Kier alpha value is -0.350. The minimum Gasteiger partial charge on any atom is -0.168 e.